The zero-order valence-electron chi connectivity index (χ0n) is 9.53. The lowest BCUT2D eigenvalue weighted by molar-refractivity contribution is 1.18. The molecule has 3 heteroatoms. The Hall–Kier alpha value is -0.800. The predicted octanol–water partition coefficient (Wildman–Crippen LogP) is 5.11. The van der Waals surface area contributed by atoms with Gasteiger partial charge in [-0.1, -0.05) is 50.1 Å². The maximum Gasteiger partial charge on any atom is 0.0450 e. The SMILES string of the molecule is CN(c1ccccc1)c1ccc(Br)cc1CBr. The van der Waals surface area contributed by atoms with Crippen molar-refractivity contribution in [3.05, 3.63) is 58.6 Å². The molecule has 88 valence electrons. The van der Waals surface area contributed by atoms with Crippen molar-refractivity contribution in [2.75, 3.05) is 11.9 Å². The molecule has 0 N–H and O–H groups in total. The van der Waals surface area contributed by atoms with Gasteiger partial charge < -0.3 is 4.90 Å². The van der Waals surface area contributed by atoms with E-state index in [0.29, 0.717) is 0 Å². The van der Waals surface area contributed by atoms with Gasteiger partial charge in [0, 0.05) is 28.2 Å². The van der Waals surface area contributed by atoms with Crippen molar-refractivity contribution in [2.45, 2.75) is 5.33 Å². The molecule has 0 unspecified atom stereocenters. The van der Waals surface area contributed by atoms with Crippen molar-refractivity contribution in [1.82, 2.24) is 0 Å². The molecule has 0 radical (unpaired) electrons. The molecule has 0 aromatic heterocycles. The molecule has 2 rings (SSSR count). The van der Waals surface area contributed by atoms with Gasteiger partial charge in [-0.05, 0) is 35.9 Å². The Morgan fingerprint density at radius 3 is 2.41 bits per heavy atom. The number of benzene rings is 2. The molecule has 0 saturated carbocycles. The predicted molar refractivity (Wildman–Crippen MR) is 81.3 cm³/mol. The first-order chi connectivity index (χ1) is 8.22. The highest BCUT2D eigenvalue weighted by molar-refractivity contribution is 9.10. The molecule has 0 saturated heterocycles. The van der Waals surface area contributed by atoms with Gasteiger partial charge in [0.15, 0.2) is 0 Å². The third-order valence-corrected chi connectivity index (χ3v) is 3.79. The van der Waals surface area contributed by atoms with E-state index in [4.69, 9.17) is 0 Å². The first-order valence-corrected chi connectivity index (χ1v) is 7.27. The lowest BCUT2D eigenvalue weighted by Crippen LogP contribution is -2.11. The second-order valence-corrected chi connectivity index (χ2v) is 5.28. The number of alkyl halides is 1. The summed E-state index contributed by atoms with van der Waals surface area (Å²) in [6, 6.07) is 16.7. The average Bonchev–Trinajstić information content (AvgIpc) is 2.39. The summed E-state index contributed by atoms with van der Waals surface area (Å²) >= 11 is 7.04. The van der Waals surface area contributed by atoms with Crippen LogP contribution in [0.2, 0.25) is 0 Å². The maximum atomic E-state index is 3.54. The number of para-hydroxylation sites is 1. The van der Waals surface area contributed by atoms with Crippen molar-refractivity contribution in [1.29, 1.82) is 0 Å². The highest BCUT2D eigenvalue weighted by Gasteiger charge is 2.08. The summed E-state index contributed by atoms with van der Waals surface area (Å²) in [7, 11) is 2.09. The summed E-state index contributed by atoms with van der Waals surface area (Å²) in [5, 5.41) is 0.846. The van der Waals surface area contributed by atoms with Gasteiger partial charge in [-0.25, -0.2) is 0 Å². The number of hydrogen-bond acceptors (Lipinski definition) is 1. The van der Waals surface area contributed by atoms with Crippen molar-refractivity contribution >= 4 is 43.2 Å². The van der Waals surface area contributed by atoms with Crippen LogP contribution in [0, 0.1) is 0 Å². The Balaban J connectivity index is 2.40. The van der Waals surface area contributed by atoms with Crippen LogP contribution < -0.4 is 4.90 Å². The first kappa shape index (κ1) is 12.7. The molecule has 17 heavy (non-hydrogen) atoms. The van der Waals surface area contributed by atoms with Crippen molar-refractivity contribution < 1.29 is 0 Å². The van der Waals surface area contributed by atoms with Gasteiger partial charge in [0.25, 0.3) is 0 Å². The topological polar surface area (TPSA) is 3.24 Å². The van der Waals surface area contributed by atoms with Crippen LogP contribution in [0.1, 0.15) is 5.56 Å². The molecule has 0 bridgehead atoms. The van der Waals surface area contributed by atoms with E-state index in [0.717, 1.165) is 9.80 Å². The van der Waals surface area contributed by atoms with E-state index in [1.54, 1.807) is 0 Å². The van der Waals surface area contributed by atoms with E-state index in [1.807, 2.05) is 6.07 Å². The normalized spacial score (nSPS) is 10.3. The monoisotopic (exact) mass is 353 g/mol. The number of hydrogen-bond donors (Lipinski definition) is 0. The van der Waals surface area contributed by atoms with Crippen molar-refractivity contribution in [3.8, 4) is 0 Å². The molecule has 0 amide bonds. The lowest BCUT2D eigenvalue weighted by atomic mass is 10.1. The lowest BCUT2D eigenvalue weighted by Gasteiger charge is -2.22. The van der Waals surface area contributed by atoms with Crippen LogP contribution in [-0.2, 0) is 5.33 Å². The van der Waals surface area contributed by atoms with Gasteiger partial charge in [0.2, 0.25) is 0 Å². The molecule has 1 nitrogen and oxygen atoms in total. The Morgan fingerprint density at radius 1 is 1.06 bits per heavy atom. The highest BCUT2D eigenvalue weighted by Crippen LogP contribution is 2.30. The minimum atomic E-state index is 0.846. The van der Waals surface area contributed by atoms with E-state index in [-0.39, 0.29) is 0 Å². The summed E-state index contributed by atoms with van der Waals surface area (Å²) < 4.78 is 1.11. The molecular weight excluding hydrogens is 342 g/mol. The average molecular weight is 355 g/mol. The Kier molecular flexibility index (Phi) is 4.24. The second-order valence-electron chi connectivity index (χ2n) is 3.80. The molecular formula is C14H13Br2N. The minimum Gasteiger partial charge on any atom is -0.344 e. The zero-order valence-corrected chi connectivity index (χ0v) is 12.7. The van der Waals surface area contributed by atoms with E-state index >= 15 is 0 Å². The van der Waals surface area contributed by atoms with Crippen molar-refractivity contribution in [3.63, 3.8) is 0 Å². The fraction of sp³-hybridized carbons (Fsp3) is 0.143. The third-order valence-electron chi connectivity index (χ3n) is 2.69. The molecule has 2 aromatic rings. The number of anilines is 2. The smallest absolute Gasteiger partial charge is 0.0450 e. The van der Waals surface area contributed by atoms with Gasteiger partial charge >= 0.3 is 0 Å². The first-order valence-electron chi connectivity index (χ1n) is 5.35. The third kappa shape index (κ3) is 2.90. The summed E-state index contributed by atoms with van der Waals surface area (Å²) in [4.78, 5) is 2.20. The minimum absolute atomic E-state index is 0.846. The Morgan fingerprint density at radius 2 is 1.76 bits per heavy atom. The van der Waals surface area contributed by atoms with Crippen LogP contribution in [0.3, 0.4) is 0 Å². The van der Waals surface area contributed by atoms with Crippen LogP contribution in [-0.4, -0.2) is 7.05 Å². The van der Waals surface area contributed by atoms with E-state index in [2.05, 4.69) is 86.3 Å². The second kappa shape index (κ2) is 5.69. The summed E-state index contributed by atoms with van der Waals surface area (Å²) in [5.74, 6) is 0. The molecule has 0 aliphatic rings. The molecule has 0 aliphatic heterocycles. The summed E-state index contributed by atoms with van der Waals surface area (Å²) in [6.07, 6.45) is 0. The van der Waals surface area contributed by atoms with E-state index < -0.39 is 0 Å². The number of nitrogens with zero attached hydrogens (tertiary/aromatic N) is 1. The van der Waals surface area contributed by atoms with Crippen molar-refractivity contribution in [2.24, 2.45) is 0 Å². The van der Waals surface area contributed by atoms with Crippen LogP contribution in [0.25, 0.3) is 0 Å². The number of rotatable bonds is 3. The van der Waals surface area contributed by atoms with Gasteiger partial charge in [-0.15, -0.1) is 0 Å². The van der Waals surface area contributed by atoms with Crippen LogP contribution in [0.5, 0.6) is 0 Å². The molecule has 0 heterocycles. The van der Waals surface area contributed by atoms with Gasteiger partial charge in [0.1, 0.15) is 0 Å². The van der Waals surface area contributed by atoms with Crippen LogP contribution in [0.15, 0.2) is 53.0 Å². The summed E-state index contributed by atoms with van der Waals surface area (Å²) in [5.41, 5.74) is 3.68. The number of halogens is 2. The fourth-order valence-electron chi connectivity index (χ4n) is 1.78. The zero-order chi connectivity index (χ0) is 12.3. The Bertz CT molecular complexity index is 497. The standard InChI is InChI=1S/C14H13Br2N/c1-17(13-5-3-2-4-6-13)14-8-7-12(16)9-11(14)10-15/h2-9H,10H2,1H3. The summed E-state index contributed by atoms with van der Waals surface area (Å²) in [6.45, 7) is 0. The van der Waals surface area contributed by atoms with Crippen LogP contribution >= 0.6 is 31.9 Å². The molecule has 2 aromatic carbocycles. The largest absolute Gasteiger partial charge is 0.344 e. The molecule has 0 fully saturated rings. The quantitative estimate of drug-likeness (QED) is 0.692. The molecule has 0 spiro atoms. The molecule has 0 atom stereocenters. The molecule has 0 aliphatic carbocycles. The van der Waals surface area contributed by atoms with Gasteiger partial charge in [-0.3, -0.25) is 0 Å². The Labute approximate surface area is 119 Å². The van der Waals surface area contributed by atoms with Crippen LogP contribution in [0.4, 0.5) is 11.4 Å². The van der Waals surface area contributed by atoms with Gasteiger partial charge in [0.05, 0.1) is 0 Å². The fourth-order valence-corrected chi connectivity index (χ4v) is 2.64. The van der Waals surface area contributed by atoms with Gasteiger partial charge in [-0.2, -0.15) is 0 Å². The highest BCUT2D eigenvalue weighted by atomic mass is 79.9. The van der Waals surface area contributed by atoms with E-state index in [1.165, 1.54) is 16.9 Å². The maximum absolute atomic E-state index is 3.54. The van der Waals surface area contributed by atoms with E-state index in [9.17, 15) is 0 Å².